The lowest BCUT2D eigenvalue weighted by atomic mass is 10.2. The third-order valence-corrected chi connectivity index (χ3v) is 4.17. The highest BCUT2D eigenvalue weighted by molar-refractivity contribution is 6.30. The second-order valence-electron chi connectivity index (χ2n) is 5.97. The molecule has 2 aromatic carbocycles. The molecular weight excluding hydrogens is 336 g/mol. The number of hydrogen-bond donors (Lipinski definition) is 3. The molecule has 1 heterocycles. The van der Waals surface area contributed by atoms with Crippen LogP contribution in [0.25, 0.3) is 16.6 Å². The van der Waals surface area contributed by atoms with Crippen molar-refractivity contribution in [2.24, 2.45) is 0 Å². The van der Waals surface area contributed by atoms with E-state index in [4.69, 9.17) is 11.6 Å². The van der Waals surface area contributed by atoms with Crippen LogP contribution in [0.3, 0.4) is 0 Å². The summed E-state index contributed by atoms with van der Waals surface area (Å²) in [7, 11) is 1.96. The second-order valence-corrected chi connectivity index (χ2v) is 6.41. The Bertz CT molecular complexity index is 920. The maximum absolute atomic E-state index is 10.4. The van der Waals surface area contributed by atoms with Gasteiger partial charge in [0.2, 0.25) is 0 Å². The number of quaternary nitrogens is 1. The van der Waals surface area contributed by atoms with Gasteiger partial charge in [-0.2, -0.15) is 5.26 Å². The van der Waals surface area contributed by atoms with Crippen LogP contribution >= 0.6 is 11.6 Å². The van der Waals surface area contributed by atoms with Crippen molar-refractivity contribution in [2.75, 3.05) is 13.6 Å². The van der Waals surface area contributed by atoms with Gasteiger partial charge in [0, 0.05) is 10.6 Å². The van der Waals surface area contributed by atoms with E-state index >= 15 is 0 Å². The highest BCUT2D eigenvalue weighted by Crippen LogP contribution is 2.18. The summed E-state index contributed by atoms with van der Waals surface area (Å²) >= 11 is 5.89. The average Bonchev–Trinajstić information content (AvgIpc) is 3.01. The van der Waals surface area contributed by atoms with Gasteiger partial charge < -0.3 is 15.0 Å². The van der Waals surface area contributed by atoms with Crippen molar-refractivity contribution in [1.29, 1.82) is 5.26 Å². The van der Waals surface area contributed by atoms with E-state index in [1.54, 1.807) is 0 Å². The number of benzene rings is 2. The topological polar surface area (TPSA) is 77.1 Å². The summed E-state index contributed by atoms with van der Waals surface area (Å²) in [6.07, 6.45) is 0. The standard InChI is InChI=1S/C19H17ClN4O/c1-24(11-13-6-8-14(20)9-7-13)12-18(25)15(10-21)19-22-16-4-2-3-5-17(16)23-19/h2-9,25H,11-12H2,1H3,(H,22,23)/p+1/b18-15-. The van der Waals surface area contributed by atoms with Gasteiger partial charge in [-0.25, -0.2) is 4.98 Å². The molecule has 126 valence electrons. The van der Waals surface area contributed by atoms with E-state index in [1.165, 1.54) is 0 Å². The number of fused-ring (bicyclic) bond motifs is 1. The van der Waals surface area contributed by atoms with Crippen LogP contribution in [0.2, 0.25) is 5.02 Å². The molecular formula is C19H18ClN4O+. The highest BCUT2D eigenvalue weighted by atomic mass is 35.5. The summed E-state index contributed by atoms with van der Waals surface area (Å²) in [5.74, 6) is 0.411. The van der Waals surface area contributed by atoms with Crippen LogP contribution in [-0.4, -0.2) is 28.7 Å². The Morgan fingerprint density at radius 3 is 2.64 bits per heavy atom. The van der Waals surface area contributed by atoms with E-state index in [9.17, 15) is 10.4 Å². The molecule has 3 aromatic rings. The predicted molar refractivity (Wildman–Crippen MR) is 98.2 cm³/mol. The highest BCUT2D eigenvalue weighted by Gasteiger charge is 2.16. The number of halogens is 1. The molecule has 0 saturated carbocycles. The molecule has 0 bridgehead atoms. The van der Waals surface area contributed by atoms with Crippen molar-refractivity contribution in [3.05, 3.63) is 70.7 Å². The van der Waals surface area contributed by atoms with E-state index in [2.05, 4.69) is 16.0 Å². The number of nitrogens with zero attached hydrogens (tertiary/aromatic N) is 2. The van der Waals surface area contributed by atoms with Crippen molar-refractivity contribution in [3.8, 4) is 6.07 Å². The van der Waals surface area contributed by atoms with Crippen molar-refractivity contribution in [3.63, 3.8) is 0 Å². The minimum absolute atomic E-state index is 0.0213. The molecule has 0 spiro atoms. The number of aromatic amines is 1. The number of H-pyrrole nitrogens is 1. The molecule has 1 atom stereocenters. The molecule has 0 aliphatic carbocycles. The Labute approximate surface area is 150 Å². The van der Waals surface area contributed by atoms with Gasteiger partial charge in [-0.15, -0.1) is 0 Å². The summed E-state index contributed by atoms with van der Waals surface area (Å²) in [4.78, 5) is 8.51. The lowest BCUT2D eigenvalue weighted by Gasteiger charge is -2.14. The number of aromatic nitrogens is 2. The number of likely N-dealkylation sites (N-methyl/N-ethyl adjacent to an activating group) is 1. The first-order chi connectivity index (χ1) is 12.1. The lowest BCUT2D eigenvalue weighted by molar-refractivity contribution is -0.890. The number of aliphatic hydroxyl groups is 1. The Kier molecular flexibility index (Phi) is 5.03. The van der Waals surface area contributed by atoms with Crippen molar-refractivity contribution in [2.45, 2.75) is 6.54 Å². The summed E-state index contributed by atoms with van der Waals surface area (Å²) in [5.41, 5.74) is 2.88. The second kappa shape index (κ2) is 7.39. The quantitative estimate of drug-likeness (QED) is 0.487. The molecule has 3 N–H and O–H groups in total. The largest absolute Gasteiger partial charge is 0.506 e. The lowest BCUT2D eigenvalue weighted by Crippen LogP contribution is -3.07. The molecule has 0 aliphatic heterocycles. The number of para-hydroxylation sites is 2. The van der Waals surface area contributed by atoms with Crippen molar-refractivity contribution < 1.29 is 10.0 Å². The Morgan fingerprint density at radius 2 is 1.96 bits per heavy atom. The molecule has 3 rings (SSSR count). The van der Waals surface area contributed by atoms with Crippen LogP contribution in [0, 0.1) is 11.3 Å². The Morgan fingerprint density at radius 1 is 1.24 bits per heavy atom. The van der Waals surface area contributed by atoms with Gasteiger partial charge in [0.25, 0.3) is 0 Å². The van der Waals surface area contributed by atoms with Gasteiger partial charge >= 0.3 is 0 Å². The van der Waals surface area contributed by atoms with Crippen molar-refractivity contribution >= 4 is 28.2 Å². The summed E-state index contributed by atoms with van der Waals surface area (Å²) < 4.78 is 0. The fourth-order valence-corrected chi connectivity index (χ4v) is 2.84. The van der Waals surface area contributed by atoms with Gasteiger partial charge in [-0.05, 0) is 24.3 Å². The number of allylic oxidation sites excluding steroid dienone is 1. The molecule has 0 radical (unpaired) electrons. The van der Waals surface area contributed by atoms with Crippen LogP contribution < -0.4 is 4.90 Å². The fourth-order valence-electron chi connectivity index (χ4n) is 2.71. The van der Waals surface area contributed by atoms with E-state index < -0.39 is 0 Å². The summed E-state index contributed by atoms with van der Waals surface area (Å²) in [5, 5.41) is 20.6. The smallest absolute Gasteiger partial charge is 0.169 e. The number of hydrogen-bond acceptors (Lipinski definition) is 3. The molecule has 6 heteroatoms. The van der Waals surface area contributed by atoms with Crippen LogP contribution in [0.4, 0.5) is 0 Å². The average molecular weight is 354 g/mol. The normalized spacial score (nSPS) is 13.3. The number of nitriles is 1. The first-order valence-corrected chi connectivity index (χ1v) is 8.27. The first-order valence-electron chi connectivity index (χ1n) is 7.90. The van der Waals surface area contributed by atoms with Gasteiger partial charge in [-0.1, -0.05) is 35.9 Å². The summed E-state index contributed by atoms with van der Waals surface area (Å²) in [6, 6.07) is 17.2. The molecule has 25 heavy (non-hydrogen) atoms. The minimum atomic E-state index is 0.0213. The van der Waals surface area contributed by atoms with Gasteiger partial charge in [0.15, 0.2) is 11.6 Å². The molecule has 0 aliphatic rings. The zero-order valence-electron chi connectivity index (χ0n) is 13.8. The van der Waals surface area contributed by atoms with Gasteiger partial charge in [-0.3, -0.25) is 0 Å². The fraction of sp³-hybridized carbons (Fsp3) is 0.158. The van der Waals surface area contributed by atoms with E-state index in [1.807, 2.05) is 55.6 Å². The van der Waals surface area contributed by atoms with Crippen LogP contribution in [-0.2, 0) is 6.54 Å². The molecule has 5 nitrogen and oxygen atoms in total. The predicted octanol–water partition coefficient (Wildman–Crippen LogP) is 2.72. The zero-order chi connectivity index (χ0) is 17.8. The van der Waals surface area contributed by atoms with Crippen LogP contribution in [0.1, 0.15) is 11.4 Å². The monoisotopic (exact) mass is 353 g/mol. The van der Waals surface area contributed by atoms with Crippen LogP contribution in [0.5, 0.6) is 0 Å². The molecule has 0 saturated heterocycles. The Balaban J connectivity index is 1.79. The van der Waals surface area contributed by atoms with Crippen molar-refractivity contribution in [1.82, 2.24) is 9.97 Å². The van der Waals surface area contributed by atoms with E-state index in [-0.39, 0.29) is 11.3 Å². The molecule has 1 unspecified atom stereocenters. The summed E-state index contributed by atoms with van der Waals surface area (Å²) in [6.45, 7) is 1.03. The van der Waals surface area contributed by atoms with E-state index in [0.717, 1.165) is 21.5 Å². The number of aliphatic hydroxyl groups excluding tert-OH is 1. The third-order valence-electron chi connectivity index (χ3n) is 3.91. The Hall–Kier alpha value is -2.81. The van der Waals surface area contributed by atoms with Gasteiger partial charge in [0.1, 0.15) is 24.7 Å². The SMILES string of the molecule is C[NH+](C/C(O)=C(\C#N)c1nc2ccccc2[nH]1)Cc1ccc(Cl)cc1. The molecule has 0 amide bonds. The zero-order valence-corrected chi connectivity index (χ0v) is 14.5. The number of rotatable bonds is 5. The third kappa shape index (κ3) is 4.00. The van der Waals surface area contributed by atoms with E-state index in [0.29, 0.717) is 23.9 Å². The minimum Gasteiger partial charge on any atom is -0.506 e. The maximum atomic E-state index is 10.4. The maximum Gasteiger partial charge on any atom is 0.169 e. The number of nitrogens with one attached hydrogen (secondary N) is 2. The first kappa shape index (κ1) is 17.0. The van der Waals surface area contributed by atoms with Crippen LogP contribution in [0.15, 0.2) is 54.3 Å². The number of imidazole rings is 1. The van der Waals surface area contributed by atoms with Gasteiger partial charge in [0.05, 0.1) is 18.1 Å². The molecule has 0 fully saturated rings. The molecule has 1 aromatic heterocycles.